The smallest absolute Gasteiger partial charge is 0.387 e. The number of nitrogens with one attached hydrogen (secondary N) is 1. The Morgan fingerprint density at radius 2 is 1.80 bits per heavy atom. The lowest BCUT2D eigenvalue weighted by molar-refractivity contribution is -0.122. The van der Waals surface area contributed by atoms with E-state index < -0.39 is 26.6 Å². The zero-order chi connectivity index (χ0) is 24.8. The maximum absolute atomic E-state index is 12.8. The summed E-state index contributed by atoms with van der Waals surface area (Å²) in [6.07, 6.45) is 6.37. The van der Waals surface area contributed by atoms with Gasteiger partial charge in [0.2, 0.25) is 5.91 Å². The number of sulfone groups is 1. The number of likely N-dealkylation sites (tertiary alicyclic amines) is 1. The number of amides is 1. The number of hydrogen-bond donors (Lipinski definition) is 1. The lowest BCUT2D eigenvalue weighted by Gasteiger charge is -2.38. The molecule has 1 saturated heterocycles. The van der Waals surface area contributed by atoms with Gasteiger partial charge in [0.25, 0.3) is 0 Å². The Morgan fingerprint density at radius 3 is 2.40 bits per heavy atom. The monoisotopic (exact) mass is 508 g/mol. The molecule has 1 amide bonds. The molecule has 1 spiro atoms. The standard InChI is InChI=1S/C23H26F2N4O5S/c1-35(31,32)23(4-5-23)19-26-13-16(14-27-19)33-11-10-29-8-6-22(7-9-29)17-12-15(34-21(24)25)2-3-18(17)28-20(22)30/h2-3,12-14,21H,4-11H2,1H3,(H,28,30). The maximum Gasteiger partial charge on any atom is 0.387 e. The number of anilines is 1. The van der Waals surface area contributed by atoms with Crippen LogP contribution in [0.2, 0.25) is 0 Å². The fourth-order valence-corrected chi connectivity index (χ4v) is 6.30. The van der Waals surface area contributed by atoms with Crippen molar-refractivity contribution < 1.29 is 31.5 Å². The van der Waals surface area contributed by atoms with Crippen LogP contribution < -0.4 is 14.8 Å². The van der Waals surface area contributed by atoms with Crippen molar-refractivity contribution in [1.82, 2.24) is 14.9 Å². The minimum Gasteiger partial charge on any atom is -0.489 e. The Morgan fingerprint density at radius 1 is 1.11 bits per heavy atom. The van der Waals surface area contributed by atoms with Crippen molar-refractivity contribution >= 4 is 21.4 Å². The molecule has 1 aromatic heterocycles. The molecule has 0 atom stereocenters. The molecule has 3 heterocycles. The highest BCUT2D eigenvalue weighted by atomic mass is 32.2. The van der Waals surface area contributed by atoms with Crippen LogP contribution in [0.25, 0.3) is 0 Å². The zero-order valence-corrected chi connectivity index (χ0v) is 20.0. The maximum atomic E-state index is 12.8. The van der Waals surface area contributed by atoms with Crippen LogP contribution in [0.15, 0.2) is 30.6 Å². The Hall–Kier alpha value is -2.86. The molecule has 0 radical (unpaired) electrons. The van der Waals surface area contributed by atoms with E-state index >= 15 is 0 Å². The first-order valence-electron chi connectivity index (χ1n) is 11.4. The number of fused-ring (bicyclic) bond motifs is 2. The number of alkyl halides is 2. The summed E-state index contributed by atoms with van der Waals surface area (Å²) in [4.78, 5) is 23.4. The van der Waals surface area contributed by atoms with Crippen LogP contribution in [0.4, 0.5) is 14.5 Å². The quantitative estimate of drug-likeness (QED) is 0.579. The SMILES string of the molecule is CS(=O)(=O)C1(c2ncc(OCCN3CCC4(CC3)C(=O)Nc3ccc(OC(F)F)cc34)cn2)CC1. The third kappa shape index (κ3) is 4.33. The van der Waals surface area contributed by atoms with Gasteiger partial charge in [-0.25, -0.2) is 18.4 Å². The third-order valence-corrected chi connectivity index (χ3v) is 9.26. The van der Waals surface area contributed by atoms with Crippen LogP contribution in [-0.4, -0.2) is 68.3 Å². The number of nitrogens with zero attached hydrogens (tertiary/aromatic N) is 3. The van der Waals surface area contributed by atoms with E-state index in [4.69, 9.17) is 4.74 Å². The molecule has 5 rings (SSSR count). The number of carbonyl (C=O) groups is 1. The number of halogens is 2. The van der Waals surface area contributed by atoms with Crippen molar-refractivity contribution in [2.75, 3.05) is 37.8 Å². The first-order valence-corrected chi connectivity index (χ1v) is 13.3. The van der Waals surface area contributed by atoms with Crippen LogP contribution in [0, 0.1) is 0 Å². The molecule has 1 aliphatic carbocycles. The molecule has 35 heavy (non-hydrogen) atoms. The lowest BCUT2D eigenvalue weighted by Crippen LogP contribution is -2.47. The summed E-state index contributed by atoms with van der Waals surface area (Å²) >= 11 is 0. The molecule has 12 heteroatoms. The van der Waals surface area contributed by atoms with Gasteiger partial charge in [-0.15, -0.1) is 0 Å². The number of rotatable bonds is 8. The zero-order valence-electron chi connectivity index (χ0n) is 19.2. The van der Waals surface area contributed by atoms with E-state index in [0.717, 1.165) is 0 Å². The predicted octanol–water partition coefficient (Wildman–Crippen LogP) is 2.48. The van der Waals surface area contributed by atoms with Gasteiger partial charge in [-0.05, 0) is 62.5 Å². The minimum atomic E-state index is -3.27. The Bertz CT molecular complexity index is 1230. The fourth-order valence-electron chi connectivity index (χ4n) is 5.02. The van der Waals surface area contributed by atoms with Crippen LogP contribution in [0.1, 0.15) is 37.1 Å². The fraction of sp³-hybridized carbons (Fsp3) is 0.522. The lowest BCUT2D eigenvalue weighted by atomic mass is 9.73. The highest BCUT2D eigenvalue weighted by Gasteiger charge is 2.56. The molecule has 2 aromatic rings. The van der Waals surface area contributed by atoms with Crippen LogP contribution >= 0.6 is 0 Å². The average Bonchev–Trinajstić information content (AvgIpc) is 3.59. The summed E-state index contributed by atoms with van der Waals surface area (Å²) in [6.45, 7) is -0.645. The largest absolute Gasteiger partial charge is 0.489 e. The van der Waals surface area contributed by atoms with E-state index in [1.54, 1.807) is 6.07 Å². The first-order chi connectivity index (χ1) is 16.6. The molecular formula is C23H26F2N4O5S. The van der Waals surface area contributed by atoms with Crippen molar-refractivity contribution in [1.29, 1.82) is 0 Å². The Balaban J connectivity index is 1.16. The van der Waals surface area contributed by atoms with Gasteiger partial charge >= 0.3 is 6.61 Å². The van der Waals surface area contributed by atoms with Crippen molar-refractivity contribution in [2.45, 2.75) is 42.5 Å². The number of piperidine rings is 1. The van der Waals surface area contributed by atoms with Gasteiger partial charge in [0.15, 0.2) is 15.6 Å². The molecule has 188 valence electrons. The topological polar surface area (TPSA) is 111 Å². The van der Waals surface area contributed by atoms with Gasteiger partial charge in [-0.3, -0.25) is 9.69 Å². The van der Waals surface area contributed by atoms with E-state index in [1.165, 1.54) is 30.8 Å². The van der Waals surface area contributed by atoms with Gasteiger partial charge in [-0.2, -0.15) is 8.78 Å². The van der Waals surface area contributed by atoms with Gasteiger partial charge in [0, 0.05) is 18.5 Å². The summed E-state index contributed by atoms with van der Waals surface area (Å²) in [5.41, 5.74) is 0.591. The Kier molecular flexibility index (Phi) is 5.91. The normalized spacial score (nSPS) is 20.5. The van der Waals surface area contributed by atoms with Gasteiger partial charge in [-0.1, -0.05) is 0 Å². The van der Waals surface area contributed by atoms with Crippen molar-refractivity contribution in [3.8, 4) is 11.5 Å². The Labute approximate surface area is 201 Å². The van der Waals surface area contributed by atoms with Gasteiger partial charge in [0.1, 0.15) is 22.9 Å². The van der Waals surface area contributed by atoms with Gasteiger partial charge in [0.05, 0.1) is 17.8 Å². The van der Waals surface area contributed by atoms with E-state index in [2.05, 4.69) is 24.9 Å². The molecule has 2 fully saturated rings. The van der Waals surface area contributed by atoms with E-state index in [0.29, 0.717) is 74.7 Å². The average molecular weight is 509 g/mol. The summed E-state index contributed by atoms with van der Waals surface area (Å²) in [6, 6.07) is 4.57. The highest BCUT2D eigenvalue weighted by molar-refractivity contribution is 7.91. The summed E-state index contributed by atoms with van der Waals surface area (Å²) in [7, 11) is -3.27. The first kappa shape index (κ1) is 23.9. The van der Waals surface area contributed by atoms with Crippen LogP contribution in [-0.2, 0) is 24.8 Å². The highest BCUT2D eigenvalue weighted by Crippen LogP contribution is 2.51. The molecule has 1 aromatic carbocycles. The molecule has 1 N–H and O–H groups in total. The molecular weight excluding hydrogens is 482 g/mol. The molecule has 2 aliphatic heterocycles. The predicted molar refractivity (Wildman–Crippen MR) is 122 cm³/mol. The van der Waals surface area contributed by atoms with Crippen molar-refractivity contribution in [3.63, 3.8) is 0 Å². The summed E-state index contributed by atoms with van der Waals surface area (Å²) in [5, 5.41) is 2.87. The second kappa shape index (κ2) is 8.66. The second-order valence-electron chi connectivity index (χ2n) is 9.32. The molecule has 0 bridgehead atoms. The number of hydrogen-bond acceptors (Lipinski definition) is 8. The number of benzene rings is 1. The van der Waals surface area contributed by atoms with E-state index in [-0.39, 0.29) is 11.7 Å². The number of aromatic nitrogens is 2. The molecule has 0 unspecified atom stereocenters. The third-order valence-electron chi connectivity index (χ3n) is 7.25. The molecule has 1 saturated carbocycles. The van der Waals surface area contributed by atoms with Gasteiger partial charge < -0.3 is 14.8 Å². The molecule has 3 aliphatic rings. The van der Waals surface area contributed by atoms with Crippen molar-refractivity contribution in [2.24, 2.45) is 0 Å². The van der Waals surface area contributed by atoms with Crippen LogP contribution in [0.3, 0.4) is 0 Å². The number of carbonyl (C=O) groups excluding carboxylic acids is 1. The number of ether oxygens (including phenoxy) is 2. The second-order valence-corrected chi connectivity index (χ2v) is 11.6. The van der Waals surface area contributed by atoms with E-state index in [9.17, 15) is 22.0 Å². The summed E-state index contributed by atoms with van der Waals surface area (Å²) in [5.74, 6) is 0.702. The summed E-state index contributed by atoms with van der Waals surface area (Å²) < 4.78 is 58.6. The van der Waals surface area contributed by atoms with E-state index in [1.807, 2.05) is 0 Å². The minimum absolute atomic E-state index is 0.0443. The van der Waals surface area contributed by atoms with Crippen LogP contribution in [0.5, 0.6) is 11.5 Å². The molecule has 9 nitrogen and oxygen atoms in total. The van der Waals surface area contributed by atoms with Crippen molar-refractivity contribution in [3.05, 3.63) is 42.0 Å².